The quantitative estimate of drug-likeness (QED) is 0.679. The molecule has 1 aliphatic rings. The van der Waals surface area contributed by atoms with Crippen LogP contribution in [0.5, 0.6) is 0 Å². The summed E-state index contributed by atoms with van der Waals surface area (Å²) in [5.74, 6) is -1.54. The molecule has 0 aromatic heterocycles. The lowest BCUT2D eigenvalue weighted by molar-refractivity contribution is -0.140. The molecule has 1 aromatic rings. The van der Waals surface area contributed by atoms with Gasteiger partial charge in [-0.25, -0.2) is 0 Å². The monoisotopic (exact) mass is 276 g/mol. The van der Waals surface area contributed by atoms with Crippen LogP contribution in [0.25, 0.3) is 0 Å². The van der Waals surface area contributed by atoms with E-state index in [1.807, 2.05) is 0 Å². The molecular weight excluding hydrogens is 260 g/mol. The minimum atomic E-state index is -1.16. The van der Waals surface area contributed by atoms with Crippen LogP contribution in [0.4, 0.5) is 5.69 Å². The van der Waals surface area contributed by atoms with Gasteiger partial charge >= 0.3 is 5.97 Å². The van der Waals surface area contributed by atoms with E-state index < -0.39 is 18.3 Å². The van der Waals surface area contributed by atoms with Crippen molar-refractivity contribution >= 4 is 23.5 Å². The summed E-state index contributed by atoms with van der Waals surface area (Å²) in [5, 5.41) is 13.8. The fourth-order valence-electron chi connectivity index (χ4n) is 1.75. The van der Waals surface area contributed by atoms with Gasteiger partial charge in [0.25, 0.3) is 0 Å². The van der Waals surface area contributed by atoms with E-state index in [-0.39, 0.29) is 18.4 Å². The number of carbonyl (C=O) groups excluding carboxylic acids is 2. The van der Waals surface area contributed by atoms with Crippen molar-refractivity contribution < 1.29 is 19.5 Å². The van der Waals surface area contributed by atoms with Crippen LogP contribution in [-0.2, 0) is 20.9 Å². The molecule has 0 spiro atoms. The lowest BCUT2D eigenvalue weighted by atomic mass is 10.2. The summed E-state index contributed by atoms with van der Waals surface area (Å²) in [4.78, 5) is 33.2. The first-order valence-electron chi connectivity index (χ1n) is 6.43. The zero-order valence-electron chi connectivity index (χ0n) is 10.9. The third kappa shape index (κ3) is 4.38. The van der Waals surface area contributed by atoms with Gasteiger partial charge in [-0.1, -0.05) is 12.1 Å². The first-order chi connectivity index (χ1) is 9.54. The largest absolute Gasteiger partial charge is 0.481 e. The van der Waals surface area contributed by atoms with E-state index in [1.165, 1.54) is 0 Å². The fraction of sp³-hybridized carbons (Fsp3) is 0.357. The number of aliphatic carboxylic acids is 1. The Balaban J connectivity index is 1.87. The minimum absolute atomic E-state index is 0.0251. The van der Waals surface area contributed by atoms with E-state index in [4.69, 9.17) is 5.11 Å². The number of nitrogens with one attached hydrogen (secondary N) is 2. The maximum absolute atomic E-state index is 11.6. The van der Waals surface area contributed by atoms with Crippen molar-refractivity contribution in [2.24, 2.45) is 5.92 Å². The number of carbonyl (C=O) groups is 3. The lowest BCUT2D eigenvalue weighted by Crippen LogP contribution is -2.25. The van der Waals surface area contributed by atoms with Gasteiger partial charge in [-0.2, -0.15) is 0 Å². The molecule has 0 aliphatic heterocycles. The van der Waals surface area contributed by atoms with E-state index in [9.17, 15) is 14.4 Å². The fourth-order valence-corrected chi connectivity index (χ4v) is 1.75. The summed E-state index contributed by atoms with van der Waals surface area (Å²) in [6.07, 6.45) is 1.34. The molecule has 6 nitrogen and oxygen atoms in total. The second-order valence-electron chi connectivity index (χ2n) is 4.81. The predicted octanol–water partition coefficient (Wildman–Crippen LogP) is 1.13. The van der Waals surface area contributed by atoms with Crippen LogP contribution in [0, 0.1) is 5.92 Å². The summed E-state index contributed by atoms with van der Waals surface area (Å²) >= 11 is 0. The number of hydrogen-bond acceptors (Lipinski definition) is 3. The first-order valence-corrected chi connectivity index (χ1v) is 6.43. The molecule has 0 atom stereocenters. The van der Waals surface area contributed by atoms with E-state index in [0.29, 0.717) is 5.69 Å². The van der Waals surface area contributed by atoms with Crippen molar-refractivity contribution in [1.29, 1.82) is 0 Å². The van der Waals surface area contributed by atoms with Gasteiger partial charge in [0.05, 0.1) is 0 Å². The highest BCUT2D eigenvalue weighted by Gasteiger charge is 2.29. The van der Waals surface area contributed by atoms with Crippen LogP contribution in [-0.4, -0.2) is 22.9 Å². The molecule has 1 saturated carbocycles. The molecule has 1 aromatic carbocycles. The molecule has 2 rings (SSSR count). The van der Waals surface area contributed by atoms with Crippen molar-refractivity contribution in [3.05, 3.63) is 29.8 Å². The predicted molar refractivity (Wildman–Crippen MR) is 71.9 cm³/mol. The molecule has 1 fully saturated rings. The van der Waals surface area contributed by atoms with Gasteiger partial charge in [0.1, 0.15) is 6.42 Å². The van der Waals surface area contributed by atoms with Crippen LogP contribution < -0.4 is 10.6 Å². The molecule has 20 heavy (non-hydrogen) atoms. The van der Waals surface area contributed by atoms with Gasteiger partial charge in [-0.15, -0.1) is 0 Å². The van der Waals surface area contributed by atoms with E-state index in [0.717, 1.165) is 18.4 Å². The van der Waals surface area contributed by atoms with Crippen LogP contribution in [0.1, 0.15) is 24.8 Å². The number of benzene rings is 1. The highest BCUT2D eigenvalue weighted by molar-refractivity contribution is 5.94. The Hall–Kier alpha value is -2.37. The minimum Gasteiger partial charge on any atom is -0.481 e. The van der Waals surface area contributed by atoms with E-state index in [1.54, 1.807) is 24.3 Å². The summed E-state index contributed by atoms with van der Waals surface area (Å²) in [6, 6.07) is 7.12. The molecule has 3 N–H and O–H groups in total. The molecule has 1 aliphatic carbocycles. The molecule has 106 valence electrons. The Labute approximate surface area is 116 Å². The van der Waals surface area contributed by atoms with Gasteiger partial charge in [0, 0.05) is 18.2 Å². The average Bonchev–Trinajstić information content (AvgIpc) is 3.20. The SMILES string of the molecule is O=C(O)CC(=O)NCc1cccc(NC(=O)C2CC2)c1. The standard InChI is InChI=1S/C14H16N2O4/c17-12(7-13(18)19)15-8-9-2-1-3-11(6-9)16-14(20)10-4-5-10/h1-3,6,10H,4-5,7-8H2,(H,15,17)(H,16,20)(H,18,19). The maximum Gasteiger partial charge on any atom is 0.312 e. The summed E-state index contributed by atoms with van der Waals surface area (Å²) in [6.45, 7) is 0.235. The molecule has 0 bridgehead atoms. The summed E-state index contributed by atoms with van der Waals surface area (Å²) in [5.41, 5.74) is 1.49. The molecule has 0 heterocycles. The Kier molecular flexibility index (Phi) is 4.34. The summed E-state index contributed by atoms with van der Waals surface area (Å²) in [7, 11) is 0. The van der Waals surface area contributed by atoms with E-state index >= 15 is 0 Å². The van der Waals surface area contributed by atoms with Crippen LogP contribution >= 0.6 is 0 Å². The molecule has 0 saturated heterocycles. The smallest absolute Gasteiger partial charge is 0.312 e. The highest BCUT2D eigenvalue weighted by Crippen LogP contribution is 2.30. The second kappa shape index (κ2) is 6.18. The third-order valence-electron chi connectivity index (χ3n) is 2.94. The van der Waals surface area contributed by atoms with Crippen LogP contribution in [0.3, 0.4) is 0 Å². The second-order valence-corrected chi connectivity index (χ2v) is 4.81. The molecule has 0 unspecified atom stereocenters. The Morgan fingerprint density at radius 2 is 2.00 bits per heavy atom. The number of amides is 2. The average molecular weight is 276 g/mol. The number of rotatable bonds is 6. The molecule has 2 amide bonds. The van der Waals surface area contributed by atoms with Gasteiger partial charge in [0.15, 0.2) is 0 Å². The van der Waals surface area contributed by atoms with Gasteiger partial charge in [-0.3, -0.25) is 14.4 Å². The zero-order chi connectivity index (χ0) is 14.5. The normalized spacial score (nSPS) is 13.6. The number of hydrogen-bond donors (Lipinski definition) is 3. The molecular formula is C14H16N2O4. The highest BCUT2D eigenvalue weighted by atomic mass is 16.4. The first kappa shape index (κ1) is 14.0. The van der Waals surface area contributed by atoms with E-state index in [2.05, 4.69) is 10.6 Å². The summed E-state index contributed by atoms with van der Waals surface area (Å²) < 4.78 is 0. The van der Waals surface area contributed by atoms with Crippen molar-refractivity contribution in [1.82, 2.24) is 5.32 Å². The topological polar surface area (TPSA) is 95.5 Å². The van der Waals surface area contributed by atoms with Crippen molar-refractivity contribution in [3.63, 3.8) is 0 Å². The van der Waals surface area contributed by atoms with Crippen molar-refractivity contribution in [3.8, 4) is 0 Å². The number of anilines is 1. The molecule has 6 heteroatoms. The maximum atomic E-state index is 11.6. The number of carboxylic acids is 1. The van der Waals surface area contributed by atoms with Gasteiger partial charge in [-0.05, 0) is 30.5 Å². The van der Waals surface area contributed by atoms with Crippen LogP contribution in [0.2, 0.25) is 0 Å². The Morgan fingerprint density at radius 1 is 1.25 bits per heavy atom. The third-order valence-corrected chi connectivity index (χ3v) is 2.94. The van der Waals surface area contributed by atoms with Gasteiger partial charge in [0.2, 0.25) is 11.8 Å². The number of carboxylic acid groups (broad SMARTS) is 1. The van der Waals surface area contributed by atoms with Gasteiger partial charge < -0.3 is 15.7 Å². The van der Waals surface area contributed by atoms with Crippen molar-refractivity contribution in [2.45, 2.75) is 25.8 Å². The molecule has 0 radical (unpaired) electrons. The van der Waals surface area contributed by atoms with Crippen LogP contribution in [0.15, 0.2) is 24.3 Å². The zero-order valence-corrected chi connectivity index (χ0v) is 10.9. The van der Waals surface area contributed by atoms with Crippen molar-refractivity contribution in [2.75, 3.05) is 5.32 Å². The Bertz CT molecular complexity index is 538. The Morgan fingerprint density at radius 3 is 2.65 bits per heavy atom. The lowest BCUT2D eigenvalue weighted by Gasteiger charge is -2.08.